The smallest absolute Gasteiger partial charge is 0.0302 e. The van der Waals surface area contributed by atoms with E-state index in [1.165, 1.54) is 31.4 Å². The summed E-state index contributed by atoms with van der Waals surface area (Å²) in [7, 11) is 0. The maximum absolute atomic E-state index is 3.83. The van der Waals surface area contributed by atoms with E-state index >= 15 is 0 Å². The third-order valence-electron chi connectivity index (χ3n) is 4.03. The molecule has 0 amide bonds. The lowest BCUT2D eigenvalue weighted by Crippen LogP contribution is -2.58. The van der Waals surface area contributed by atoms with E-state index < -0.39 is 0 Å². The highest BCUT2D eigenvalue weighted by atomic mass is 32.2. The molecular formula is C12H23NS. The van der Waals surface area contributed by atoms with Gasteiger partial charge in [0, 0.05) is 22.6 Å². The molecule has 0 aromatic rings. The van der Waals surface area contributed by atoms with Gasteiger partial charge in [-0.15, -0.1) is 0 Å². The van der Waals surface area contributed by atoms with Crippen molar-refractivity contribution in [1.82, 2.24) is 5.32 Å². The molecule has 1 heterocycles. The van der Waals surface area contributed by atoms with E-state index in [0.29, 0.717) is 4.75 Å². The molecular weight excluding hydrogens is 190 g/mol. The molecule has 1 saturated carbocycles. The minimum atomic E-state index is 0.479. The zero-order chi connectivity index (χ0) is 10.2. The molecule has 2 heteroatoms. The van der Waals surface area contributed by atoms with E-state index in [1.54, 1.807) is 0 Å². The fourth-order valence-electron chi connectivity index (χ4n) is 2.66. The molecule has 2 rings (SSSR count). The summed E-state index contributed by atoms with van der Waals surface area (Å²) in [5.41, 5.74) is 0. The van der Waals surface area contributed by atoms with Gasteiger partial charge in [0.15, 0.2) is 0 Å². The Hall–Kier alpha value is 0.310. The van der Waals surface area contributed by atoms with E-state index in [-0.39, 0.29) is 0 Å². The first-order valence-electron chi connectivity index (χ1n) is 5.99. The van der Waals surface area contributed by atoms with Crippen LogP contribution < -0.4 is 5.32 Å². The predicted octanol–water partition coefficient (Wildman–Crippen LogP) is 3.05. The first-order valence-corrected chi connectivity index (χ1v) is 6.98. The van der Waals surface area contributed by atoms with Crippen LogP contribution in [0, 0.1) is 5.92 Å². The van der Waals surface area contributed by atoms with Gasteiger partial charge in [0.1, 0.15) is 0 Å². The van der Waals surface area contributed by atoms with E-state index in [2.05, 4.69) is 37.8 Å². The average molecular weight is 213 g/mol. The largest absolute Gasteiger partial charge is 0.309 e. The number of thioether (sulfide) groups is 1. The lowest BCUT2D eigenvalue weighted by Gasteiger charge is -2.46. The Morgan fingerprint density at radius 1 is 1.29 bits per heavy atom. The fourth-order valence-corrected chi connectivity index (χ4v) is 3.82. The number of rotatable bonds is 3. The van der Waals surface area contributed by atoms with Crippen LogP contribution in [0.1, 0.15) is 46.5 Å². The predicted molar refractivity (Wildman–Crippen MR) is 64.9 cm³/mol. The van der Waals surface area contributed by atoms with Gasteiger partial charge in [-0.25, -0.2) is 0 Å². The molecule has 1 aliphatic heterocycles. The summed E-state index contributed by atoms with van der Waals surface area (Å²) in [6, 6.07) is 1.49. The first-order chi connectivity index (χ1) is 6.59. The summed E-state index contributed by atoms with van der Waals surface area (Å²) in [4.78, 5) is 0. The summed E-state index contributed by atoms with van der Waals surface area (Å²) >= 11 is 2.09. The molecule has 2 atom stereocenters. The molecule has 2 aliphatic rings. The van der Waals surface area contributed by atoms with Crippen molar-refractivity contribution in [2.75, 3.05) is 5.75 Å². The van der Waals surface area contributed by atoms with Crippen LogP contribution >= 0.6 is 11.8 Å². The summed E-state index contributed by atoms with van der Waals surface area (Å²) in [5, 5.41) is 3.83. The van der Waals surface area contributed by atoms with Crippen LogP contribution in [-0.2, 0) is 0 Å². The van der Waals surface area contributed by atoms with Crippen LogP contribution in [-0.4, -0.2) is 22.6 Å². The van der Waals surface area contributed by atoms with Gasteiger partial charge in [0.2, 0.25) is 0 Å². The second kappa shape index (κ2) is 4.05. The Labute approximate surface area is 92.4 Å². The van der Waals surface area contributed by atoms with Crippen LogP contribution in [0.5, 0.6) is 0 Å². The first kappa shape index (κ1) is 10.8. The van der Waals surface area contributed by atoms with Gasteiger partial charge in [0.25, 0.3) is 0 Å². The van der Waals surface area contributed by atoms with Crippen molar-refractivity contribution in [3.63, 3.8) is 0 Å². The quantitative estimate of drug-likeness (QED) is 0.773. The molecule has 1 saturated heterocycles. The van der Waals surface area contributed by atoms with Gasteiger partial charge >= 0.3 is 0 Å². The maximum atomic E-state index is 3.83. The van der Waals surface area contributed by atoms with Crippen molar-refractivity contribution in [2.24, 2.45) is 5.92 Å². The molecule has 2 fully saturated rings. The van der Waals surface area contributed by atoms with Crippen molar-refractivity contribution in [3.05, 3.63) is 0 Å². The minimum absolute atomic E-state index is 0.479. The Morgan fingerprint density at radius 3 is 2.36 bits per heavy atom. The molecule has 0 aromatic carbocycles. The maximum Gasteiger partial charge on any atom is 0.0302 e. The molecule has 0 aromatic heterocycles. The molecule has 0 spiro atoms. The molecule has 0 radical (unpaired) electrons. The van der Waals surface area contributed by atoms with Gasteiger partial charge < -0.3 is 5.32 Å². The van der Waals surface area contributed by atoms with Crippen LogP contribution in [0.25, 0.3) is 0 Å². The van der Waals surface area contributed by atoms with E-state index in [4.69, 9.17) is 0 Å². The van der Waals surface area contributed by atoms with Gasteiger partial charge in [-0.05, 0) is 39.5 Å². The Morgan fingerprint density at radius 2 is 1.93 bits per heavy atom. The molecule has 82 valence electrons. The minimum Gasteiger partial charge on any atom is -0.309 e. The van der Waals surface area contributed by atoms with Crippen molar-refractivity contribution < 1.29 is 0 Å². The third kappa shape index (κ3) is 2.11. The molecule has 0 bridgehead atoms. The lowest BCUT2D eigenvalue weighted by atomic mass is 9.96. The molecule has 1 aliphatic carbocycles. The summed E-state index contributed by atoms with van der Waals surface area (Å²) in [6.45, 7) is 7.11. The number of nitrogens with one attached hydrogen (secondary N) is 1. The SMILES string of the molecule is CC(NC1CSC1(C)C)C1CCCC1. The van der Waals surface area contributed by atoms with E-state index in [9.17, 15) is 0 Å². The normalized spacial score (nSPS) is 34.1. The molecule has 1 N–H and O–H groups in total. The van der Waals surface area contributed by atoms with Crippen LogP contribution in [0.2, 0.25) is 0 Å². The van der Waals surface area contributed by atoms with Gasteiger partial charge in [-0.1, -0.05) is 12.8 Å². The highest BCUT2D eigenvalue weighted by Gasteiger charge is 2.40. The topological polar surface area (TPSA) is 12.0 Å². The molecule has 2 unspecified atom stereocenters. The van der Waals surface area contributed by atoms with Gasteiger partial charge in [-0.3, -0.25) is 0 Å². The van der Waals surface area contributed by atoms with Crippen molar-refractivity contribution >= 4 is 11.8 Å². The van der Waals surface area contributed by atoms with Crippen LogP contribution in [0.3, 0.4) is 0 Å². The van der Waals surface area contributed by atoms with Crippen molar-refractivity contribution in [2.45, 2.75) is 63.3 Å². The van der Waals surface area contributed by atoms with Gasteiger partial charge in [0.05, 0.1) is 0 Å². The number of hydrogen-bond acceptors (Lipinski definition) is 2. The Balaban J connectivity index is 1.79. The monoisotopic (exact) mass is 213 g/mol. The number of hydrogen-bond donors (Lipinski definition) is 1. The van der Waals surface area contributed by atoms with Gasteiger partial charge in [-0.2, -0.15) is 11.8 Å². The Kier molecular flexibility index (Phi) is 3.13. The van der Waals surface area contributed by atoms with Crippen LogP contribution in [0.4, 0.5) is 0 Å². The summed E-state index contributed by atoms with van der Waals surface area (Å²) in [6.07, 6.45) is 5.82. The fraction of sp³-hybridized carbons (Fsp3) is 1.00. The summed E-state index contributed by atoms with van der Waals surface area (Å²) < 4.78 is 0.479. The van der Waals surface area contributed by atoms with E-state index in [0.717, 1.165) is 18.0 Å². The second-order valence-corrected chi connectivity index (χ2v) is 7.14. The average Bonchev–Trinajstić information content (AvgIpc) is 2.65. The van der Waals surface area contributed by atoms with E-state index in [1.807, 2.05) is 0 Å². The second-order valence-electron chi connectivity index (χ2n) is 5.47. The lowest BCUT2D eigenvalue weighted by molar-refractivity contribution is 0.316. The molecule has 1 nitrogen and oxygen atoms in total. The Bertz CT molecular complexity index is 196. The summed E-state index contributed by atoms with van der Waals surface area (Å²) in [5.74, 6) is 2.26. The third-order valence-corrected chi connectivity index (χ3v) is 5.56. The highest BCUT2D eigenvalue weighted by molar-refractivity contribution is 8.02. The van der Waals surface area contributed by atoms with Crippen molar-refractivity contribution in [1.29, 1.82) is 0 Å². The zero-order valence-corrected chi connectivity index (χ0v) is 10.5. The highest BCUT2D eigenvalue weighted by Crippen LogP contribution is 2.40. The van der Waals surface area contributed by atoms with Crippen LogP contribution in [0.15, 0.2) is 0 Å². The molecule has 14 heavy (non-hydrogen) atoms. The standard InChI is InChI=1S/C12H23NS/c1-9(10-6-4-5-7-10)13-11-8-14-12(11,2)3/h9-11,13H,4-8H2,1-3H3. The zero-order valence-electron chi connectivity index (χ0n) is 9.68. The van der Waals surface area contributed by atoms with Crippen molar-refractivity contribution in [3.8, 4) is 0 Å².